The topological polar surface area (TPSA) is 78.7 Å². The number of likely N-dealkylation sites (tertiary alicyclic amines) is 1. The van der Waals surface area contributed by atoms with Crippen LogP contribution >= 0.6 is 11.3 Å². The van der Waals surface area contributed by atoms with Gasteiger partial charge in [0.25, 0.3) is 0 Å². The highest BCUT2D eigenvalue weighted by Gasteiger charge is 2.25. The lowest BCUT2D eigenvalue weighted by atomic mass is 10.1. The summed E-state index contributed by atoms with van der Waals surface area (Å²) in [6, 6.07) is 9.83. The number of hydrogen-bond acceptors (Lipinski definition) is 6. The number of benzene rings is 1. The molecule has 178 valence electrons. The van der Waals surface area contributed by atoms with Crippen LogP contribution < -0.4 is 10.2 Å². The van der Waals surface area contributed by atoms with Crippen LogP contribution in [0.3, 0.4) is 0 Å². The number of halogens is 1. The number of aromatic nitrogens is 1. The highest BCUT2D eigenvalue weighted by molar-refractivity contribution is 7.14. The van der Waals surface area contributed by atoms with E-state index in [0.717, 1.165) is 31.7 Å². The molecule has 1 atom stereocenters. The van der Waals surface area contributed by atoms with Gasteiger partial charge in [0.05, 0.1) is 23.7 Å². The fourth-order valence-electron chi connectivity index (χ4n) is 4.03. The summed E-state index contributed by atoms with van der Waals surface area (Å²) in [6.45, 7) is 3.75. The van der Waals surface area contributed by atoms with Crippen molar-refractivity contribution >= 4 is 40.0 Å². The quantitative estimate of drug-likeness (QED) is 0.461. The van der Waals surface area contributed by atoms with Crippen LogP contribution in [0.1, 0.15) is 43.7 Å². The second-order valence-electron chi connectivity index (χ2n) is 8.07. The molecule has 7 nitrogen and oxygen atoms in total. The summed E-state index contributed by atoms with van der Waals surface area (Å²) >= 11 is 1.20. The summed E-state index contributed by atoms with van der Waals surface area (Å²) in [7, 11) is 0. The molecule has 1 aromatic carbocycles. The fourth-order valence-corrected chi connectivity index (χ4v) is 4.88. The van der Waals surface area contributed by atoms with Crippen molar-refractivity contribution in [2.75, 3.05) is 24.5 Å². The minimum atomic E-state index is -0.510. The number of carbonyl (C=O) groups excluding carboxylic acids is 2. The second kappa shape index (κ2) is 11.2. The third-order valence-electron chi connectivity index (χ3n) is 5.69. The van der Waals surface area contributed by atoms with Crippen LogP contribution in [0, 0.1) is 5.82 Å². The van der Waals surface area contributed by atoms with Crippen LogP contribution in [0.5, 0.6) is 0 Å². The average molecular weight is 483 g/mol. The number of rotatable bonds is 8. The number of hydrogen-bond donors (Lipinski definition) is 1. The third-order valence-corrected chi connectivity index (χ3v) is 6.53. The molecule has 2 aromatic heterocycles. The van der Waals surface area contributed by atoms with E-state index in [9.17, 15) is 14.0 Å². The van der Waals surface area contributed by atoms with Crippen molar-refractivity contribution in [1.82, 2.24) is 15.2 Å². The molecule has 1 aliphatic rings. The Morgan fingerprint density at radius 1 is 1.24 bits per heavy atom. The van der Waals surface area contributed by atoms with Gasteiger partial charge in [-0.1, -0.05) is 18.6 Å². The van der Waals surface area contributed by atoms with Crippen molar-refractivity contribution in [3.05, 3.63) is 71.4 Å². The molecule has 0 aliphatic carbocycles. The number of furan rings is 1. The fraction of sp³-hybridized carbons (Fsp3) is 0.320. The van der Waals surface area contributed by atoms with Gasteiger partial charge in [-0.3, -0.25) is 19.4 Å². The predicted molar refractivity (Wildman–Crippen MR) is 130 cm³/mol. The summed E-state index contributed by atoms with van der Waals surface area (Å²) in [5.41, 5.74) is 0.649. The molecule has 3 aromatic rings. The summed E-state index contributed by atoms with van der Waals surface area (Å²) in [6.07, 6.45) is 8.15. The number of nitrogens with one attached hydrogen (secondary N) is 1. The summed E-state index contributed by atoms with van der Waals surface area (Å²) in [5, 5.41) is 5.01. The molecule has 1 unspecified atom stereocenters. The molecule has 0 saturated carbocycles. The van der Waals surface area contributed by atoms with Gasteiger partial charge < -0.3 is 9.73 Å². The van der Waals surface area contributed by atoms with Crippen LogP contribution in [0.25, 0.3) is 6.08 Å². The monoisotopic (exact) mass is 482 g/mol. The van der Waals surface area contributed by atoms with Gasteiger partial charge in [0.2, 0.25) is 11.8 Å². The molecule has 1 aliphatic heterocycles. The van der Waals surface area contributed by atoms with Crippen LogP contribution in [0.4, 0.5) is 15.2 Å². The van der Waals surface area contributed by atoms with E-state index in [2.05, 4.69) is 15.2 Å². The molecule has 9 heteroatoms. The molecule has 3 heterocycles. The maximum atomic E-state index is 14.2. The van der Waals surface area contributed by atoms with Crippen LogP contribution in [-0.4, -0.2) is 41.3 Å². The number of amides is 2. The van der Waals surface area contributed by atoms with E-state index in [1.807, 2.05) is 12.1 Å². The third kappa shape index (κ3) is 5.78. The average Bonchev–Trinajstić information content (AvgIpc) is 3.53. The summed E-state index contributed by atoms with van der Waals surface area (Å²) in [4.78, 5) is 32.7. The van der Waals surface area contributed by atoms with E-state index in [1.54, 1.807) is 29.9 Å². The first-order valence-electron chi connectivity index (χ1n) is 11.3. The van der Waals surface area contributed by atoms with E-state index in [4.69, 9.17) is 4.42 Å². The zero-order valence-corrected chi connectivity index (χ0v) is 19.8. The Hall–Kier alpha value is -3.30. The minimum absolute atomic E-state index is 0.0107. The van der Waals surface area contributed by atoms with Crippen LogP contribution in [0.2, 0.25) is 0 Å². The van der Waals surface area contributed by atoms with Crippen LogP contribution in [-0.2, 0) is 9.59 Å². The lowest BCUT2D eigenvalue weighted by molar-refractivity contribution is -0.117. The van der Waals surface area contributed by atoms with Crippen molar-refractivity contribution in [3.63, 3.8) is 0 Å². The zero-order chi connectivity index (χ0) is 23.9. The van der Waals surface area contributed by atoms with Gasteiger partial charge in [-0.15, -0.1) is 11.3 Å². The zero-order valence-electron chi connectivity index (χ0n) is 18.9. The Labute approximate surface area is 201 Å². The summed E-state index contributed by atoms with van der Waals surface area (Å²) in [5.74, 6) is -0.271. The Morgan fingerprint density at radius 2 is 2.03 bits per heavy atom. The molecule has 4 rings (SSSR count). The molecule has 1 fully saturated rings. The van der Waals surface area contributed by atoms with Gasteiger partial charge >= 0.3 is 0 Å². The maximum absolute atomic E-state index is 14.2. The number of carbonyl (C=O) groups is 2. The normalized spacial score (nSPS) is 15.4. The number of anilines is 2. The van der Waals surface area contributed by atoms with E-state index >= 15 is 0 Å². The van der Waals surface area contributed by atoms with Crippen LogP contribution in [0.15, 0.2) is 58.5 Å². The van der Waals surface area contributed by atoms with Crippen molar-refractivity contribution in [1.29, 1.82) is 0 Å². The molecule has 1 N–H and O–H groups in total. The lowest BCUT2D eigenvalue weighted by Gasteiger charge is -2.33. The largest absolute Gasteiger partial charge is 0.468 e. The number of nitrogens with zero attached hydrogens (tertiary/aromatic N) is 3. The number of piperidine rings is 1. The highest BCUT2D eigenvalue weighted by Crippen LogP contribution is 2.31. The van der Waals surface area contributed by atoms with E-state index < -0.39 is 5.82 Å². The Balaban J connectivity index is 1.40. The van der Waals surface area contributed by atoms with Crippen molar-refractivity contribution in [3.8, 4) is 0 Å². The Kier molecular flexibility index (Phi) is 7.87. The van der Waals surface area contributed by atoms with Gasteiger partial charge in [-0.2, -0.15) is 0 Å². The van der Waals surface area contributed by atoms with Crippen molar-refractivity contribution in [2.45, 2.75) is 32.2 Å². The van der Waals surface area contributed by atoms with Gasteiger partial charge in [-0.05, 0) is 56.3 Å². The maximum Gasteiger partial charge on any atom is 0.244 e. The van der Waals surface area contributed by atoms with E-state index in [0.29, 0.717) is 17.4 Å². The molecule has 34 heavy (non-hydrogen) atoms. The smallest absolute Gasteiger partial charge is 0.244 e. The first kappa shape index (κ1) is 23.8. The van der Waals surface area contributed by atoms with Crippen molar-refractivity contribution in [2.24, 2.45) is 0 Å². The molecule has 0 bridgehead atoms. The molecular formula is C25H27FN4O3S. The molecule has 0 spiro atoms. The Morgan fingerprint density at radius 3 is 2.74 bits per heavy atom. The predicted octanol–water partition coefficient (Wildman–Crippen LogP) is 4.92. The molecule has 1 saturated heterocycles. The lowest BCUT2D eigenvalue weighted by Crippen LogP contribution is -2.40. The number of para-hydroxylation sites is 1. The van der Waals surface area contributed by atoms with Gasteiger partial charge in [-0.25, -0.2) is 9.37 Å². The summed E-state index contributed by atoms with van der Waals surface area (Å²) < 4.78 is 19.9. The first-order valence-corrected chi connectivity index (χ1v) is 12.1. The standard InChI is InChI=1S/C25H27FN4O3S/c1-18(31)30(21-9-4-3-8-20(21)26)25-28-19(17-34-25)11-12-24(32)27-16-22(23-10-7-15-33-23)29-13-5-2-6-14-29/h3-4,7-12,15,17,22H,2,5-6,13-14,16H2,1H3,(H,27,32). The van der Waals surface area contributed by atoms with Gasteiger partial charge in [0.1, 0.15) is 11.6 Å². The minimum Gasteiger partial charge on any atom is -0.468 e. The van der Waals surface area contributed by atoms with Gasteiger partial charge in [0, 0.05) is 24.9 Å². The molecular weight excluding hydrogens is 455 g/mol. The molecule has 0 radical (unpaired) electrons. The van der Waals surface area contributed by atoms with Gasteiger partial charge in [0.15, 0.2) is 5.13 Å². The Bertz CT molecular complexity index is 1140. The second-order valence-corrected chi connectivity index (χ2v) is 8.90. The highest BCUT2D eigenvalue weighted by atomic mass is 32.1. The number of thiazole rings is 1. The first-order chi connectivity index (χ1) is 16.5. The van der Waals surface area contributed by atoms with Crippen molar-refractivity contribution < 1.29 is 18.4 Å². The molecule has 2 amide bonds. The SMILES string of the molecule is CC(=O)N(c1nc(C=CC(=O)NCC(c2ccco2)N2CCCCC2)cs1)c1ccccc1F. The van der Waals surface area contributed by atoms with E-state index in [1.165, 1.54) is 47.8 Å². The van der Waals surface area contributed by atoms with E-state index in [-0.39, 0.29) is 23.5 Å².